The lowest BCUT2D eigenvalue weighted by Crippen LogP contribution is -2.46. The van der Waals surface area contributed by atoms with Crippen molar-refractivity contribution in [3.05, 3.63) is 29.3 Å². The molecule has 1 N–H and O–H groups in total. The first kappa shape index (κ1) is 12.5. The van der Waals surface area contributed by atoms with Crippen molar-refractivity contribution in [3.8, 4) is 5.75 Å². The van der Waals surface area contributed by atoms with Gasteiger partial charge in [0.05, 0.1) is 13.0 Å². The fraction of sp³-hybridized carbons (Fsp3) is 0.533. The van der Waals surface area contributed by atoms with Gasteiger partial charge in [0.1, 0.15) is 5.75 Å². The van der Waals surface area contributed by atoms with E-state index in [-0.39, 0.29) is 5.91 Å². The number of hydrogen-bond acceptors (Lipinski definition) is 3. The molecule has 2 aliphatic heterocycles. The summed E-state index contributed by atoms with van der Waals surface area (Å²) in [6.07, 6.45) is 2.64. The quantitative estimate of drug-likeness (QED) is 0.862. The summed E-state index contributed by atoms with van der Waals surface area (Å²) in [5, 5.41) is 3.26. The molecule has 0 radical (unpaired) electrons. The second-order valence-electron chi connectivity index (χ2n) is 5.20. The van der Waals surface area contributed by atoms with Crippen molar-refractivity contribution in [3.63, 3.8) is 0 Å². The van der Waals surface area contributed by atoms with Gasteiger partial charge in [0.15, 0.2) is 0 Å². The van der Waals surface area contributed by atoms with Gasteiger partial charge in [-0.2, -0.15) is 0 Å². The third kappa shape index (κ3) is 2.89. The summed E-state index contributed by atoms with van der Waals surface area (Å²) in [7, 11) is 0. The Labute approximate surface area is 113 Å². The molecule has 1 saturated heterocycles. The van der Waals surface area contributed by atoms with E-state index in [1.807, 2.05) is 17.0 Å². The van der Waals surface area contributed by atoms with Crippen LogP contribution >= 0.6 is 0 Å². The van der Waals surface area contributed by atoms with E-state index in [2.05, 4.69) is 11.4 Å². The first-order valence-corrected chi connectivity index (χ1v) is 7.06. The van der Waals surface area contributed by atoms with E-state index >= 15 is 0 Å². The highest BCUT2D eigenvalue weighted by Crippen LogP contribution is 2.25. The molecule has 3 rings (SSSR count). The number of carbonyl (C=O) groups excluding carboxylic acids is 1. The number of nitrogens with zero attached hydrogens (tertiary/aromatic N) is 1. The lowest BCUT2D eigenvalue weighted by Gasteiger charge is -2.27. The predicted octanol–water partition coefficient (Wildman–Crippen LogP) is 0.986. The minimum absolute atomic E-state index is 0.234. The van der Waals surface area contributed by atoms with Crippen LogP contribution in [0.4, 0.5) is 0 Å². The summed E-state index contributed by atoms with van der Waals surface area (Å²) in [4.78, 5) is 14.2. The van der Waals surface area contributed by atoms with Gasteiger partial charge in [-0.1, -0.05) is 12.1 Å². The van der Waals surface area contributed by atoms with Crippen molar-refractivity contribution in [1.29, 1.82) is 0 Å². The van der Waals surface area contributed by atoms with Gasteiger partial charge >= 0.3 is 0 Å². The van der Waals surface area contributed by atoms with Crippen LogP contribution in [0.1, 0.15) is 17.5 Å². The lowest BCUT2D eigenvalue weighted by atomic mass is 10.0. The monoisotopic (exact) mass is 260 g/mol. The number of nitrogens with one attached hydrogen (secondary N) is 1. The van der Waals surface area contributed by atoms with Gasteiger partial charge in [-0.15, -0.1) is 0 Å². The molecular weight excluding hydrogens is 240 g/mol. The Bertz CT molecular complexity index is 467. The number of rotatable bonds is 2. The van der Waals surface area contributed by atoms with E-state index < -0.39 is 0 Å². The Hall–Kier alpha value is -1.55. The third-order valence-electron chi connectivity index (χ3n) is 3.80. The van der Waals surface area contributed by atoms with Gasteiger partial charge in [-0.3, -0.25) is 4.79 Å². The van der Waals surface area contributed by atoms with Crippen molar-refractivity contribution in [1.82, 2.24) is 10.2 Å². The molecule has 1 aromatic carbocycles. The SMILES string of the molecule is O=C(Cc1ccc2c(c1)CCCO2)N1CCNCC1. The highest BCUT2D eigenvalue weighted by atomic mass is 16.5. The summed E-state index contributed by atoms with van der Waals surface area (Å²) in [5.41, 5.74) is 2.35. The maximum Gasteiger partial charge on any atom is 0.227 e. The molecule has 0 atom stereocenters. The topological polar surface area (TPSA) is 41.6 Å². The molecule has 1 aromatic rings. The molecule has 4 nitrogen and oxygen atoms in total. The zero-order chi connectivity index (χ0) is 13.1. The number of fused-ring (bicyclic) bond motifs is 1. The molecule has 0 aliphatic carbocycles. The largest absolute Gasteiger partial charge is 0.493 e. The average molecular weight is 260 g/mol. The van der Waals surface area contributed by atoms with Crippen molar-refractivity contribution >= 4 is 5.91 Å². The highest BCUT2D eigenvalue weighted by Gasteiger charge is 2.17. The first-order chi connectivity index (χ1) is 9.33. The molecule has 1 amide bonds. The Balaban J connectivity index is 1.67. The zero-order valence-electron chi connectivity index (χ0n) is 11.2. The van der Waals surface area contributed by atoms with Crippen molar-refractivity contribution in [2.75, 3.05) is 32.8 Å². The van der Waals surface area contributed by atoms with E-state index in [0.717, 1.165) is 56.9 Å². The molecular formula is C15H20N2O2. The fourth-order valence-corrected chi connectivity index (χ4v) is 2.72. The number of carbonyl (C=O) groups is 1. The Kier molecular flexibility index (Phi) is 3.69. The van der Waals surface area contributed by atoms with Crippen LogP contribution in [0, 0.1) is 0 Å². The maximum absolute atomic E-state index is 12.2. The number of aryl methyl sites for hydroxylation is 1. The molecule has 2 heterocycles. The molecule has 0 bridgehead atoms. The van der Waals surface area contributed by atoms with Gasteiger partial charge in [0, 0.05) is 26.2 Å². The number of piperazine rings is 1. The minimum atomic E-state index is 0.234. The molecule has 102 valence electrons. The van der Waals surface area contributed by atoms with Crippen LogP contribution in [0.2, 0.25) is 0 Å². The van der Waals surface area contributed by atoms with E-state index in [9.17, 15) is 4.79 Å². The number of ether oxygens (including phenoxy) is 1. The van der Waals surface area contributed by atoms with Gasteiger partial charge in [-0.05, 0) is 30.0 Å². The van der Waals surface area contributed by atoms with Crippen molar-refractivity contribution in [2.45, 2.75) is 19.3 Å². The lowest BCUT2D eigenvalue weighted by molar-refractivity contribution is -0.131. The van der Waals surface area contributed by atoms with E-state index in [0.29, 0.717) is 6.42 Å². The van der Waals surface area contributed by atoms with Crippen molar-refractivity contribution in [2.24, 2.45) is 0 Å². The van der Waals surface area contributed by atoms with Crippen LogP contribution in [0.5, 0.6) is 5.75 Å². The maximum atomic E-state index is 12.2. The molecule has 2 aliphatic rings. The predicted molar refractivity (Wildman–Crippen MR) is 73.4 cm³/mol. The van der Waals surface area contributed by atoms with Crippen LogP contribution < -0.4 is 10.1 Å². The number of amides is 1. The van der Waals surface area contributed by atoms with Crippen LogP contribution in [0.25, 0.3) is 0 Å². The Morgan fingerprint density at radius 1 is 1.32 bits per heavy atom. The van der Waals surface area contributed by atoms with E-state index in [1.165, 1.54) is 5.56 Å². The smallest absolute Gasteiger partial charge is 0.227 e. The van der Waals surface area contributed by atoms with Gasteiger partial charge < -0.3 is 15.0 Å². The van der Waals surface area contributed by atoms with Gasteiger partial charge in [-0.25, -0.2) is 0 Å². The molecule has 0 aromatic heterocycles. The average Bonchev–Trinajstić information content (AvgIpc) is 2.48. The van der Waals surface area contributed by atoms with E-state index in [4.69, 9.17) is 4.74 Å². The zero-order valence-corrected chi connectivity index (χ0v) is 11.2. The molecule has 1 fully saturated rings. The van der Waals surface area contributed by atoms with Crippen LogP contribution in [-0.4, -0.2) is 43.6 Å². The second-order valence-corrected chi connectivity index (χ2v) is 5.20. The summed E-state index contributed by atoms with van der Waals surface area (Å²) in [6.45, 7) is 4.28. The summed E-state index contributed by atoms with van der Waals surface area (Å²) < 4.78 is 5.60. The summed E-state index contributed by atoms with van der Waals surface area (Å²) in [5.74, 6) is 1.22. The van der Waals surface area contributed by atoms with Gasteiger partial charge in [0.2, 0.25) is 5.91 Å². The third-order valence-corrected chi connectivity index (χ3v) is 3.80. The Morgan fingerprint density at radius 3 is 3.00 bits per heavy atom. The first-order valence-electron chi connectivity index (χ1n) is 7.06. The van der Waals surface area contributed by atoms with Gasteiger partial charge in [0.25, 0.3) is 0 Å². The molecule has 4 heteroatoms. The van der Waals surface area contributed by atoms with Crippen LogP contribution in [-0.2, 0) is 17.6 Å². The number of hydrogen-bond donors (Lipinski definition) is 1. The molecule has 0 spiro atoms. The summed E-state index contributed by atoms with van der Waals surface area (Å²) >= 11 is 0. The molecule has 0 saturated carbocycles. The Morgan fingerprint density at radius 2 is 2.16 bits per heavy atom. The normalized spacial score (nSPS) is 18.6. The fourth-order valence-electron chi connectivity index (χ4n) is 2.72. The molecule has 0 unspecified atom stereocenters. The summed E-state index contributed by atoms with van der Waals surface area (Å²) in [6, 6.07) is 6.16. The number of benzene rings is 1. The second kappa shape index (κ2) is 5.61. The standard InChI is InChI=1S/C15H20N2O2/c18-15(17-7-5-16-6-8-17)11-12-3-4-14-13(10-12)2-1-9-19-14/h3-4,10,16H,1-2,5-9,11H2. The van der Waals surface area contributed by atoms with Crippen LogP contribution in [0.15, 0.2) is 18.2 Å². The van der Waals surface area contributed by atoms with Crippen molar-refractivity contribution < 1.29 is 9.53 Å². The minimum Gasteiger partial charge on any atom is -0.493 e. The highest BCUT2D eigenvalue weighted by molar-refractivity contribution is 5.79. The van der Waals surface area contributed by atoms with E-state index in [1.54, 1.807) is 0 Å². The molecule has 19 heavy (non-hydrogen) atoms. The van der Waals surface area contributed by atoms with Crippen LogP contribution in [0.3, 0.4) is 0 Å².